The molecule has 10 nitrogen and oxygen atoms in total. The molecule has 0 radical (unpaired) electrons. The first kappa shape index (κ1) is 33.9. The second-order valence-corrected chi connectivity index (χ2v) is 11.3. The van der Waals surface area contributed by atoms with E-state index in [1.807, 2.05) is 36.4 Å². The number of nitrogens with two attached hydrogens (primary N) is 1. The summed E-state index contributed by atoms with van der Waals surface area (Å²) in [7, 11) is 1.51. The summed E-state index contributed by atoms with van der Waals surface area (Å²) >= 11 is 12.8. The Morgan fingerprint density at radius 3 is 1.71 bits per heavy atom. The van der Waals surface area contributed by atoms with E-state index < -0.39 is 0 Å². The van der Waals surface area contributed by atoms with Crippen LogP contribution in [-0.4, -0.2) is 59.6 Å². The molecule has 3 N–H and O–H groups in total. The predicted octanol–water partition coefficient (Wildman–Crippen LogP) is 6.67. The molecule has 2 aliphatic rings. The highest BCUT2D eigenvalue weighted by Crippen LogP contribution is 2.32. The molecule has 2 aromatic heterocycles. The molecule has 0 amide bonds. The number of benzene rings is 2. The van der Waals surface area contributed by atoms with Crippen LogP contribution < -0.4 is 21.0 Å². The number of aliphatic imine (C=N–C) groups is 1. The summed E-state index contributed by atoms with van der Waals surface area (Å²) in [5, 5.41) is 0.906. The summed E-state index contributed by atoms with van der Waals surface area (Å²) in [5.74, 6) is 2.33. The van der Waals surface area contributed by atoms with Crippen molar-refractivity contribution < 1.29 is 4.84 Å². The molecule has 12 heteroatoms. The summed E-state index contributed by atoms with van der Waals surface area (Å²) in [6, 6.07) is 20.4. The van der Waals surface area contributed by atoms with Gasteiger partial charge in [0.25, 0.3) is 5.95 Å². The van der Waals surface area contributed by atoms with Gasteiger partial charge in [0.1, 0.15) is 28.3 Å². The van der Waals surface area contributed by atoms with Gasteiger partial charge < -0.3 is 15.5 Å². The zero-order valence-corrected chi connectivity index (χ0v) is 26.3. The van der Waals surface area contributed by atoms with Crippen LogP contribution in [0.5, 0.6) is 0 Å². The standard InChI is InChI=1S/C17H20ClN5O.C15H17ClN4.CH4/c1-24-20-12-19-17-21-15(18)14(11-13-7-3-2-4-8-13)16(22-17)23-9-5-6-10-23;16-13-12(10-11-6-2-1-3-7-11)14(19-15(17)18-13)20-8-4-5-9-20;/h2-4,7-8,12H,5-6,9-11H2,1H3,(H,19,20,21,22);1-3,6-7H,4-5,8-10H2,(H2,17,18,19);1H4. The highest BCUT2D eigenvalue weighted by Gasteiger charge is 2.22. The lowest BCUT2D eigenvalue weighted by Crippen LogP contribution is -2.22. The summed E-state index contributed by atoms with van der Waals surface area (Å²) in [6.45, 7) is 3.98. The van der Waals surface area contributed by atoms with Gasteiger partial charge in [0.2, 0.25) is 5.95 Å². The Bertz CT molecular complexity index is 1530. The molecular weight excluding hydrogens is 609 g/mol. The van der Waals surface area contributed by atoms with Crippen molar-refractivity contribution in [3.05, 3.63) is 93.2 Å². The molecule has 0 saturated carbocycles. The molecule has 0 bridgehead atoms. The van der Waals surface area contributed by atoms with Crippen LogP contribution in [0.2, 0.25) is 10.3 Å². The number of rotatable bonds is 9. The van der Waals surface area contributed by atoms with Crippen molar-refractivity contribution >= 4 is 53.1 Å². The Balaban J connectivity index is 0.000000203. The van der Waals surface area contributed by atoms with E-state index in [1.165, 1.54) is 37.4 Å². The number of hydrogen-bond donors (Lipinski definition) is 2. The normalized spacial score (nSPS) is 14.3. The SMILES string of the molecule is C.CONC=Nc1nc(Cl)c(Cc2ccccc2)c(N2CCCC2)n1.Nc1nc(Cl)c(Cc2ccccc2)c(N2CCCC2)n1. The number of nitrogens with zero attached hydrogens (tertiary/aromatic N) is 7. The van der Waals surface area contributed by atoms with E-state index in [0.717, 1.165) is 68.2 Å². The van der Waals surface area contributed by atoms with Crippen molar-refractivity contribution in [3.63, 3.8) is 0 Å². The van der Waals surface area contributed by atoms with Gasteiger partial charge in [-0.05, 0) is 36.8 Å². The van der Waals surface area contributed by atoms with Crippen LogP contribution in [0.25, 0.3) is 0 Å². The molecule has 6 rings (SSSR count). The molecule has 0 atom stereocenters. The van der Waals surface area contributed by atoms with E-state index in [1.54, 1.807) is 0 Å². The number of halogens is 2. The second kappa shape index (κ2) is 16.9. The van der Waals surface area contributed by atoms with Gasteiger partial charge in [-0.15, -0.1) is 0 Å². The fraction of sp³-hybridized carbons (Fsp3) is 0.364. The third-order valence-electron chi connectivity index (χ3n) is 7.48. The zero-order valence-electron chi connectivity index (χ0n) is 24.8. The summed E-state index contributed by atoms with van der Waals surface area (Å²) in [4.78, 5) is 30.8. The molecule has 4 heterocycles. The first-order chi connectivity index (χ1) is 21.5. The molecule has 0 aliphatic carbocycles. The van der Waals surface area contributed by atoms with Gasteiger partial charge in [0.05, 0.1) is 7.11 Å². The van der Waals surface area contributed by atoms with Crippen molar-refractivity contribution in [2.45, 2.75) is 46.0 Å². The molecule has 238 valence electrons. The Labute approximate surface area is 275 Å². The van der Waals surface area contributed by atoms with E-state index >= 15 is 0 Å². The van der Waals surface area contributed by atoms with Gasteiger partial charge in [-0.25, -0.2) is 4.98 Å². The van der Waals surface area contributed by atoms with Crippen LogP contribution >= 0.6 is 23.2 Å². The minimum absolute atomic E-state index is 0. The lowest BCUT2D eigenvalue weighted by Gasteiger charge is -2.21. The summed E-state index contributed by atoms with van der Waals surface area (Å²) in [6.07, 6.45) is 7.53. The van der Waals surface area contributed by atoms with Crippen molar-refractivity contribution in [2.75, 3.05) is 48.8 Å². The summed E-state index contributed by atoms with van der Waals surface area (Å²) < 4.78 is 0. The van der Waals surface area contributed by atoms with Crippen molar-refractivity contribution in [1.82, 2.24) is 25.4 Å². The van der Waals surface area contributed by atoms with Crippen LogP contribution in [0.15, 0.2) is 65.7 Å². The van der Waals surface area contributed by atoms with Gasteiger partial charge in [-0.3, -0.25) is 10.3 Å². The molecule has 0 spiro atoms. The average molecular weight is 651 g/mol. The number of hydroxylamine groups is 1. The van der Waals surface area contributed by atoms with Crippen LogP contribution in [0.4, 0.5) is 23.5 Å². The third kappa shape index (κ3) is 9.26. The maximum Gasteiger partial charge on any atom is 0.254 e. The van der Waals surface area contributed by atoms with E-state index in [2.05, 4.69) is 64.5 Å². The third-order valence-corrected chi connectivity index (χ3v) is 8.11. The van der Waals surface area contributed by atoms with E-state index in [4.69, 9.17) is 33.8 Å². The highest BCUT2D eigenvalue weighted by atomic mass is 35.5. The van der Waals surface area contributed by atoms with E-state index in [9.17, 15) is 0 Å². The van der Waals surface area contributed by atoms with Crippen LogP contribution in [0.3, 0.4) is 0 Å². The second-order valence-electron chi connectivity index (χ2n) is 10.6. The minimum Gasteiger partial charge on any atom is -0.368 e. The zero-order chi connectivity index (χ0) is 30.7. The largest absolute Gasteiger partial charge is 0.368 e. The molecule has 2 saturated heterocycles. The van der Waals surface area contributed by atoms with Crippen LogP contribution in [0, 0.1) is 0 Å². The Hall–Kier alpha value is -3.99. The van der Waals surface area contributed by atoms with Gasteiger partial charge in [-0.1, -0.05) is 91.3 Å². The Kier molecular flexibility index (Phi) is 12.7. The molecule has 2 aromatic carbocycles. The lowest BCUT2D eigenvalue weighted by atomic mass is 10.1. The smallest absolute Gasteiger partial charge is 0.254 e. The van der Waals surface area contributed by atoms with Gasteiger partial charge >= 0.3 is 0 Å². The molecule has 2 fully saturated rings. The first-order valence-electron chi connectivity index (χ1n) is 14.8. The Morgan fingerprint density at radius 2 is 1.22 bits per heavy atom. The number of hydrogen-bond acceptors (Lipinski definition) is 9. The van der Waals surface area contributed by atoms with Gasteiger partial charge in [-0.2, -0.15) is 19.9 Å². The fourth-order valence-electron chi connectivity index (χ4n) is 5.38. The minimum atomic E-state index is 0. The summed E-state index contributed by atoms with van der Waals surface area (Å²) in [5.41, 5.74) is 12.6. The molecule has 2 aliphatic heterocycles. The molecule has 45 heavy (non-hydrogen) atoms. The number of anilines is 3. The quantitative estimate of drug-likeness (QED) is 0.0886. The van der Waals surface area contributed by atoms with E-state index in [-0.39, 0.29) is 13.4 Å². The molecular formula is C33H41Cl2N9O. The maximum atomic E-state index is 6.47. The monoisotopic (exact) mass is 649 g/mol. The van der Waals surface area contributed by atoms with Crippen molar-refractivity contribution in [3.8, 4) is 0 Å². The highest BCUT2D eigenvalue weighted by molar-refractivity contribution is 6.31. The average Bonchev–Trinajstić information content (AvgIpc) is 3.77. The van der Waals surface area contributed by atoms with Gasteiger partial charge in [0.15, 0.2) is 0 Å². The maximum absolute atomic E-state index is 6.47. The molecule has 0 unspecified atom stereocenters. The van der Waals surface area contributed by atoms with Crippen molar-refractivity contribution in [2.24, 2.45) is 4.99 Å². The van der Waals surface area contributed by atoms with Crippen molar-refractivity contribution in [1.29, 1.82) is 0 Å². The topological polar surface area (TPSA) is 118 Å². The van der Waals surface area contributed by atoms with Crippen LogP contribution in [-0.2, 0) is 17.7 Å². The van der Waals surface area contributed by atoms with Crippen LogP contribution in [0.1, 0.15) is 55.4 Å². The number of nitrogen functional groups attached to an aromatic ring is 1. The molecule has 4 aromatic rings. The first-order valence-corrected chi connectivity index (χ1v) is 15.5. The predicted molar refractivity (Wildman–Crippen MR) is 185 cm³/mol. The Morgan fingerprint density at radius 1 is 0.756 bits per heavy atom. The lowest BCUT2D eigenvalue weighted by molar-refractivity contribution is 0.148. The number of aromatic nitrogens is 4. The fourth-order valence-corrected chi connectivity index (χ4v) is 5.84. The number of nitrogens with one attached hydrogen (secondary N) is 1. The van der Waals surface area contributed by atoms with E-state index in [0.29, 0.717) is 22.7 Å². The van der Waals surface area contributed by atoms with Gasteiger partial charge in [0, 0.05) is 50.1 Å².